The predicted octanol–water partition coefficient (Wildman–Crippen LogP) is 1.07. The van der Waals surface area contributed by atoms with E-state index < -0.39 is 0 Å². The van der Waals surface area contributed by atoms with Crippen molar-refractivity contribution >= 4 is 12.6 Å². The maximum absolute atomic E-state index is 4.53. The highest BCUT2D eigenvalue weighted by Crippen LogP contribution is 1.99. The fourth-order valence-electron chi connectivity index (χ4n) is 0. The van der Waals surface area contributed by atoms with E-state index in [9.17, 15) is 0 Å². The molecular formula is C3H7OS. The van der Waals surface area contributed by atoms with Crippen molar-refractivity contribution in [3.8, 4) is 0 Å². The first-order valence-electron chi connectivity index (χ1n) is 1.34. The molecule has 5 heavy (non-hydrogen) atoms. The second-order valence-corrected chi connectivity index (χ2v) is 1.35. The molecule has 0 rings (SSSR count). The third kappa shape index (κ3) is 4.31. The summed E-state index contributed by atoms with van der Waals surface area (Å²) in [6.45, 7) is 1.78. The monoisotopic (exact) mass is 91.0 g/mol. The molecule has 0 aliphatic rings. The summed E-state index contributed by atoms with van der Waals surface area (Å²) in [5, 5.41) is 0. The molecule has 0 atom stereocenters. The maximum atomic E-state index is 4.53. The minimum atomic E-state index is 0.699. The van der Waals surface area contributed by atoms with Crippen LogP contribution in [0, 0.1) is 5.44 Å². The van der Waals surface area contributed by atoms with Crippen LogP contribution in [0.3, 0.4) is 0 Å². The molecule has 31 valence electrons. The second kappa shape index (κ2) is 2.54. The fraction of sp³-hybridized carbons (Fsp3) is 0.667. The van der Waals surface area contributed by atoms with Crippen LogP contribution in [-0.2, 0) is 4.74 Å². The summed E-state index contributed by atoms with van der Waals surface area (Å²) in [7, 11) is 1.59. The van der Waals surface area contributed by atoms with E-state index in [0.717, 1.165) is 0 Å². The van der Waals surface area contributed by atoms with E-state index in [0.29, 0.717) is 5.44 Å². The quantitative estimate of drug-likeness (QED) is 0.475. The highest BCUT2D eigenvalue weighted by atomic mass is 32.1. The van der Waals surface area contributed by atoms with Crippen molar-refractivity contribution in [3.05, 3.63) is 5.44 Å². The molecule has 0 unspecified atom stereocenters. The molecule has 0 amide bonds. The molecule has 0 saturated carbocycles. The van der Waals surface area contributed by atoms with Crippen LogP contribution >= 0.6 is 12.6 Å². The molecule has 2 heteroatoms. The Balaban J connectivity index is 2.54. The molecule has 0 aliphatic heterocycles. The highest BCUT2D eigenvalue weighted by molar-refractivity contribution is 7.83. The number of thiol groups is 1. The van der Waals surface area contributed by atoms with E-state index in [1.54, 1.807) is 14.0 Å². The Morgan fingerprint density at radius 2 is 2.00 bits per heavy atom. The van der Waals surface area contributed by atoms with E-state index in [1.165, 1.54) is 0 Å². The molecule has 0 spiro atoms. The Labute approximate surface area is 37.7 Å². The zero-order valence-electron chi connectivity index (χ0n) is 3.36. The molecule has 1 nitrogen and oxygen atoms in total. The van der Waals surface area contributed by atoms with Crippen LogP contribution in [0.25, 0.3) is 0 Å². The number of methoxy groups -OCH3 is 1. The summed E-state index contributed by atoms with van der Waals surface area (Å²) in [6.07, 6.45) is 0. The van der Waals surface area contributed by atoms with E-state index in [4.69, 9.17) is 0 Å². The number of hydrogen-bond acceptors (Lipinski definition) is 2. The van der Waals surface area contributed by atoms with Crippen molar-refractivity contribution < 1.29 is 4.74 Å². The van der Waals surface area contributed by atoms with Gasteiger partial charge in [0.15, 0.2) is 0 Å². The first-order chi connectivity index (χ1) is 2.27. The van der Waals surface area contributed by atoms with Gasteiger partial charge in [-0.2, -0.15) is 0 Å². The number of rotatable bonds is 1. The summed E-state index contributed by atoms with van der Waals surface area (Å²) in [4.78, 5) is 0. The summed E-state index contributed by atoms with van der Waals surface area (Å²) < 4.78 is 4.53. The molecule has 0 heterocycles. The summed E-state index contributed by atoms with van der Waals surface area (Å²) in [5.41, 5.74) is 0.699. The van der Waals surface area contributed by atoms with Crippen LogP contribution in [-0.4, -0.2) is 7.11 Å². The van der Waals surface area contributed by atoms with Gasteiger partial charge >= 0.3 is 0 Å². The zero-order valence-corrected chi connectivity index (χ0v) is 4.25. The van der Waals surface area contributed by atoms with Crippen LogP contribution in [0.2, 0.25) is 0 Å². The van der Waals surface area contributed by atoms with Crippen LogP contribution in [0.5, 0.6) is 0 Å². The standard InChI is InChI=1S/C3H7OS/c1-3(5)4-2/h5H,1-2H3. The van der Waals surface area contributed by atoms with Crippen LogP contribution in [0.4, 0.5) is 0 Å². The van der Waals surface area contributed by atoms with Crippen LogP contribution in [0.15, 0.2) is 0 Å². The van der Waals surface area contributed by atoms with Gasteiger partial charge in [0.25, 0.3) is 0 Å². The topological polar surface area (TPSA) is 9.23 Å². The Hall–Kier alpha value is 0.310. The smallest absolute Gasteiger partial charge is 0.145 e. The van der Waals surface area contributed by atoms with Crippen molar-refractivity contribution in [3.63, 3.8) is 0 Å². The summed E-state index contributed by atoms with van der Waals surface area (Å²) >= 11 is 3.79. The van der Waals surface area contributed by atoms with Gasteiger partial charge in [0.05, 0.1) is 0 Å². The van der Waals surface area contributed by atoms with E-state index in [2.05, 4.69) is 17.4 Å². The molecule has 1 radical (unpaired) electrons. The van der Waals surface area contributed by atoms with Crippen LogP contribution in [0.1, 0.15) is 6.92 Å². The third-order valence-electron chi connectivity index (χ3n) is 0.295. The number of hydrogen-bond donors (Lipinski definition) is 1. The van der Waals surface area contributed by atoms with Crippen molar-refractivity contribution in [2.24, 2.45) is 0 Å². The largest absolute Gasteiger partial charge is 0.364 e. The molecule has 0 aromatic heterocycles. The average Bonchev–Trinajstić information content (AvgIpc) is 1.38. The maximum Gasteiger partial charge on any atom is 0.145 e. The molecule has 0 bridgehead atoms. The molecule has 0 saturated heterocycles. The van der Waals surface area contributed by atoms with E-state index >= 15 is 0 Å². The minimum Gasteiger partial charge on any atom is -0.364 e. The van der Waals surface area contributed by atoms with Crippen LogP contribution < -0.4 is 0 Å². The lowest BCUT2D eigenvalue weighted by molar-refractivity contribution is 0.266. The lowest BCUT2D eigenvalue weighted by Crippen LogP contribution is -1.78. The van der Waals surface area contributed by atoms with Gasteiger partial charge in [0.1, 0.15) is 5.44 Å². The second-order valence-electron chi connectivity index (χ2n) is 0.723. The van der Waals surface area contributed by atoms with Gasteiger partial charge in [-0.1, -0.05) is 0 Å². The van der Waals surface area contributed by atoms with Crippen molar-refractivity contribution in [2.45, 2.75) is 6.92 Å². The van der Waals surface area contributed by atoms with Gasteiger partial charge < -0.3 is 4.74 Å². The Morgan fingerprint density at radius 3 is 2.00 bits per heavy atom. The minimum absolute atomic E-state index is 0.699. The summed E-state index contributed by atoms with van der Waals surface area (Å²) in [5.74, 6) is 0. The average molecular weight is 91.2 g/mol. The van der Waals surface area contributed by atoms with E-state index in [1.807, 2.05) is 0 Å². The zero-order chi connectivity index (χ0) is 4.28. The predicted molar refractivity (Wildman–Crippen MR) is 24.9 cm³/mol. The molecular weight excluding hydrogens is 84.1 g/mol. The van der Waals surface area contributed by atoms with Crippen molar-refractivity contribution in [2.75, 3.05) is 7.11 Å². The van der Waals surface area contributed by atoms with Gasteiger partial charge in [0, 0.05) is 7.11 Å². The first kappa shape index (κ1) is 5.31. The third-order valence-corrected chi connectivity index (χ3v) is 0.478. The SMILES string of the molecule is CO[C](C)S. The lowest BCUT2D eigenvalue weighted by Gasteiger charge is -1.91. The molecule has 0 N–H and O–H groups in total. The van der Waals surface area contributed by atoms with Crippen molar-refractivity contribution in [1.29, 1.82) is 0 Å². The molecule has 0 aliphatic carbocycles. The lowest BCUT2D eigenvalue weighted by atomic mass is 10.9. The van der Waals surface area contributed by atoms with Gasteiger partial charge in [-0.05, 0) is 6.92 Å². The van der Waals surface area contributed by atoms with Gasteiger partial charge in [-0.25, -0.2) is 0 Å². The highest BCUT2D eigenvalue weighted by Gasteiger charge is 1.82. The fourth-order valence-corrected chi connectivity index (χ4v) is 0. The van der Waals surface area contributed by atoms with Gasteiger partial charge in [0.2, 0.25) is 0 Å². The van der Waals surface area contributed by atoms with Gasteiger partial charge in [-0.3, -0.25) is 0 Å². The first-order valence-corrected chi connectivity index (χ1v) is 1.78. The Bertz CT molecular complexity index is 20.9. The number of ether oxygens (including phenoxy) is 1. The van der Waals surface area contributed by atoms with Gasteiger partial charge in [-0.15, -0.1) is 12.6 Å². The van der Waals surface area contributed by atoms with E-state index in [-0.39, 0.29) is 0 Å². The molecule has 0 fully saturated rings. The van der Waals surface area contributed by atoms with Crippen molar-refractivity contribution in [1.82, 2.24) is 0 Å². The Kier molecular flexibility index (Phi) is 2.70. The Morgan fingerprint density at radius 1 is 1.80 bits per heavy atom. The molecule has 0 aromatic carbocycles. The summed E-state index contributed by atoms with van der Waals surface area (Å²) in [6, 6.07) is 0. The molecule has 0 aromatic rings. The normalized spacial score (nSPS) is 9.60.